The Labute approximate surface area is 85.4 Å². The minimum atomic E-state index is -0.180. The van der Waals surface area contributed by atoms with E-state index >= 15 is 0 Å². The molecule has 1 saturated heterocycles. The molecule has 0 radical (unpaired) electrons. The Balaban J connectivity index is 0.000000810. The summed E-state index contributed by atoms with van der Waals surface area (Å²) in [7, 11) is 0. The van der Waals surface area contributed by atoms with Crippen molar-refractivity contribution < 1.29 is 21.1 Å². The Morgan fingerprint density at radius 1 is 1.50 bits per heavy atom. The molecular weight excluding hydrogens is 354 g/mol. The number of halogens is 2. The molecule has 0 aromatic rings. The molecule has 1 aliphatic rings. The average molecular weight is 364 g/mol. The van der Waals surface area contributed by atoms with Gasteiger partial charge in [-0.1, -0.05) is 0 Å². The first-order valence-corrected chi connectivity index (χ1v) is 3.81. The summed E-state index contributed by atoms with van der Waals surface area (Å²) < 4.78 is 1.57. The fourth-order valence-electron chi connectivity index (χ4n) is 0.947. The second kappa shape index (κ2) is 4.95. The van der Waals surface area contributed by atoms with Crippen LogP contribution in [0.1, 0.15) is 12.8 Å². The van der Waals surface area contributed by atoms with Gasteiger partial charge in [0.05, 0.1) is 0 Å². The molecule has 2 N–H and O–H groups in total. The van der Waals surface area contributed by atoms with Crippen LogP contribution in [0.4, 0.5) is 0 Å². The summed E-state index contributed by atoms with van der Waals surface area (Å²) in [6.07, 6.45) is 2.03. The molecule has 0 aromatic carbocycles. The van der Waals surface area contributed by atoms with Crippen LogP contribution in [-0.4, -0.2) is 22.5 Å². The molecule has 0 bridgehead atoms. The van der Waals surface area contributed by atoms with Gasteiger partial charge in [-0.05, 0) is 24.6 Å². The summed E-state index contributed by atoms with van der Waals surface area (Å²) >= 11 is 11.5. The Hall–Kier alpha value is 1.19. The van der Waals surface area contributed by atoms with Crippen LogP contribution in [0, 0.1) is 0 Å². The number of hydrogen-bond acceptors (Lipinski definition) is 2. The molecule has 1 heterocycles. The molecule has 0 aromatic heterocycles. The molecule has 0 unspecified atom stereocenters. The van der Waals surface area contributed by atoms with Crippen molar-refractivity contribution >= 4 is 23.4 Å². The summed E-state index contributed by atoms with van der Waals surface area (Å²) in [4.78, 5) is 0. The third kappa shape index (κ3) is 2.67. The van der Waals surface area contributed by atoms with Gasteiger partial charge in [0.25, 0.3) is 0 Å². The maximum atomic E-state index is 5.79. The Morgan fingerprint density at radius 2 is 2.10 bits per heavy atom. The average Bonchev–Trinajstić information content (AvgIpc) is 1.83. The SMILES string of the molecule is N[C@@H]1CCCN(Cl)[C@@H]1Cl.[Pt]. The minimum Gasteiger partial charge on any atom is -0.325 e. The standard InChI is InChI=1S/C5H10Cl2N2.Pt/c6-5-4(8)2-1-3-9(5)7;/h4-5H,1-3,8H2;/t4-,5+;/m1./s1. The van der Waals surface area contributed by atoms with Crippen LogP contribution in [0.3, 0.4) is 0 Å². The van der Waals surface area contributed by atoms with E-state index in [4.69, 9.17) is 29.1 Å². The van der Waals surface area contributed by atoms with Crippen LogP contribution in [-0.2, 0) is 21.1 Å². The smallest absolute Gasteiger partial charge is 0.114 e. The van der Waals surface area contributed by atoms with Gasteiger partial charge in [-0.25, -0.2) is 4.42 Å². The van der Waals surface area contributed by atoms with Crippen LogP contribution in [0.5, 0.6) is 0 Å². The van der Waals surface area contributed by atoms with Crippen LogP contribution < -0.4 is 5.73 Å². The van der Waals surface area contributed by atoms with Gasteiger partial charge in [-0.3, -0.25) is 0 Å². The molecule has 1 rings (SSSR count). The van der Waals surface area contributed by atoms with E-state index in [0.29, 0.717) is 0 Å². The maximum Gasteiger partial charge on any atom is 0.114 e. The second-order valence-corrected chi connectivity index (χ2v) is 3.18. The zero-order chi connectivity index (χ0) is 6.85. The first kappa shape index (κ1) is 11.2. The van der Waals surface area contributed by atoms with Crippen LogP contribution >= 0.6 is 23.4 Å². The van der Waals surface area contributed by atoms with E-state index in [1.54, 1.807) is 4.42 Å². The number of hydrogen-bond donors (Lipinski definition) is 1. The van der Waals surface area contributed by atoms with Crippen molar-refractivity contribution in [1.82, 2.24) is 4.42 Å². The Morgan fingerprint density at radius 3 is 2.50 bits per heavy atom. The number of rotatable bonds is 0. The molecule has 1 fully saturated rings. The van der Waals surface area contributed by atoms with Crippen molar-refractivity contribution in [1.29, 1.82) is 0 Å². The molecule has 1 aliphatic heterocycles. The molecule has 0 aliphatic carbocycles. The third-order valence-electron chi connectivity index (χ3n) is 1.53. The van der Waals surface area contributed by atoms with Gasteiger partial charge in [-0.2, -0.15) is 0 Å². The normalized spacial score (nSPS) is 35.1. The van der Waals surface area contributed by atoms with Gasteiger partial charge in [0.15, 0.2) is 0 Å². The molecule has 2 nitrogen and oxygen atoms in total. The molecule has 5 heteroatoms. The fraction of sp³-hybridized carbons (Fsp3) is 1.00. The molecule has 0 saturated carbocycles. The van der Waals surface area contributed by atoms with E-state index < -0.39 is 0 Å². The molecule has 10 heavy (non-hydrogen) atoms. The first-order chi connectivity index (χ1) is 4.22. The quantitative estimate of drug-likeness (QED) is 0.397. The van der Waals surface area contributed by atoms with Crippen molar-refractivity contribution in [2.75, 3.05) is 6.54 Å². The van der Waals surface area contributed by atoms with Crippen LogP contribution in [0.25, 0.3) is 0 Å². The molecule has 0 amide bonds. The van der Waals surface area contributed by atoms with Crippen molar-refractivity contribution in [3.63, 3.8) is 0 Å². The number of piperidine rings is 1. The Bertz CT molecular complexity index is 93.6. The maximum absolute atomic E-state index is 5.79. The zero-order valence-electron chi connectivity index (χ0n) is 5.37. The molecular formula is C5H10Cl2N2Pt. The second-order valence-electron chi connectivity index (χ2n) is 2.30. The summed E-state index contributed by atoms with van der Waals surface area (Å²) in [6, 6.07) is 0.0397. The van der Waals surface area contributed by atoms with Crippen LogP contribution in [0.2, 0.25) is 0 Å². The largest absolute Gasteiger partial charge is 0.325 e. The summed E-state index contributed by atoms with van der Waals surface area (Å²) in [5.41, 5.74) is 5.43. The van der Waals surface area contributed by atoms with Gasteiger partial charge in [0.2, 0.25) is 0 Å². The van der Waals surface area contributed by atoms with Crippen LogP contribution in [0.15, 0.2) is 0 Å². The molecule has 2 atom stereocenters. The van der Waals surface area contributed by atoms with Gasteiger partial charge >= 0.3 is 0 Å². The van der Waals surface area contributed by atoms with Crippen molar-refractivity contribution in [3.05, 3.63) is 0 Å². The van der Waals surface area contributed by atoms with Crippen molar-refractivity contribution in [2.24, 2.45) is 5.73 Å². The number of nitrogens with two attached hydrogens (primary N) is 1. The zero-order valence-corrected chi connectivity index (χ0v) is 9.16. The van der Waals surface area contributed by atoms with Gasteiger partial charge < -0.3 is 5.73 Å². The van der Waals surface area contributed by atoms with Gasteiger partial charge in [-0.15, -0.1) is 11.6 Å². The summed E-state index contributed by atoms with van der Waals surface area (Å²) in [6.45, 7) is 0.851. The van der Waals surface area contributed by atoms with Crippen molar-refractivity contribution in [3.8, 4) is 0 Å². The predicted octanol–water partition coefficient (Wildman–Crippen LogP) is 1.13. The minimum absolute atomic E-state index is 0. The van der Waals surface area contributed by atoms with E-state index in [-0.39, 0.29) is 32.6 Å². The van der Waals surface area contributed by atoms with E-state index in [2.05, 4.69) is 0 Å². The predicted molar refractivity (Wildman–Crippen MR) is 39.4 cm³/mol. The number of alkyl halides is 1. The van der Waals surface area contributed by atoms with E-state index in [1.165, 1.54) is 0 Å². The topological polar surface area (TPSA) is 29.3 Å². The fourth-order valence-corrected chi connectivity index (χ4v) is 1.43. The molecule has 64 valence electrons. The molecule has 0 spiro atoms. The number of nitrogens with zero attached hydrogens (tertiary/aromatic N) is 1. The summed E-state index contributed by atoms with van der Waals surface area (Å²) in [5, 5.41) is 0. The monoisotopic (exact) mass is 363 g/mol. The van der Waals surface area contributed by atoms with Gasteiger partial charge in [0, 0.05) is 33.7 Å². The van der Waals surface area contributed by atoms with E-state index in [9.17, 15) is 0 Å². The first-order valence-electron chi connectivity index (χ1n) is 3.04. The van der Waals surface area contributed by atoms with E-state index in [0.717, 1.165) is 19.4 Å². The Kier molecular flexibility index (Phi) is 5.53. The third-order valence-corrected chi connectivity index (χ3v) is 2.57. The van der Waals surface area contributed by atoms with E-state index in [1.807, 2.05) is 0 Å². The van der Waals surface area contributed by atoms with Crippen molar-refractivity contribution in [2.45, 2.75) is 24.4 Å². The summed E-state index contributed by atoms with van der Waals surface area (Å²) in [5.74, 6) is 0. The van der Waals surface area contributed by atoms with Gasteiger partial charge in [0.1, 0.15) is 5.50 Å².